The number of nitrogens with zero attached hydrogens (tertiary/aromatic N) is 1. The van der Waals surface area contributed by atoms with Gasteiger partial charge in [0, 0.05) is 17.7 Å². The molecule has 0 bridgehead atoms. The van der Waals surface area contributed by atoms with Crippen LogP contribution in [0.3, 0.4) is 0 Å². The minimum absolute atomic E-state index is 0.121. The molecule has 0 aromatic heterocycles. The van der Waals surface area contributed by atoms with Crippen LogP contribution in [0.1, 0.15) is 22.3 Å². The molecule has 0 aliphatic heterocycles. The first-order valence-corrected chi connectivity index (χ1v) is 6.84. The lowest BCUT2D eigenvalue weighted by molar-refractivity contribution is 0.0952. The van der Waals surface area contributed by atoms with E-state index in [2.05, 4.69) is 22.1 Å². The molecular weight excluding hydrogens is 274 g/mol. The van der Waals surface area contributed by atoms with Gasteiger partial charge in [-0.1, -0.05) is 23.4 Å². The quantitative estimate of drug-likeness (QED) is 0.636. The molecule has 0 spiro atoms. The number of halogens is 1. The lowest BCUT2D eigenvalue weighted by Gasteiger charge is -2.10. The summed E-state index contributed by atoms with van der Waals surface area (Å²) >= 11 is 6.08. The van der Waals surface area contributed by atoms with Gasteiger partial charge in [0.05, 0.1) is 11.6 Å². The summed E-state index contributed by atoms with van der Waals surface area (Å²) in [5.74, 6) is 5.47. The number of nitrogens with two attached hydrogens (primary N) is 1. The van der Waals surface area contributed by atoms with E-state index in [9.17, 15) is 4.79 Å². The maximum Gasteiger partial charge on any atom is 0.251 e. The molecule has 0 heterocycles. The molecule has 5 heteroatoms. The molecule has 1 rings (SSSR count). The van der Waals surface area contributed by atoms with Crippen LogP contribution in [-0.4, -0.2) is 44.5 Å². The zero-order valence-corrected chi connectivity index (χ0v) is 12.6. The van der Waals surface area contributed by atoms with Crippen molar-refractivity contribution >= 4 is 17.5 Å². The fourth-order valence-electron chi connectivity index (χ4n) is 1.60. The Morgan fingerprint density at radius 3 is 2.80 bits per heavy atom. The van der Waals surface area contributed by atoms with Crippen LogP contribution >= 0.6 is 11.6 Å². The molecule has 0 aliphatic rings. The Balaban J connectivity index is 2.59. The summed E-state index contributed by atoms with van der Waals surface area (Å²) in [4.78, 5) is 14.0. The van der Waals surface area contributed by atoms with Crippen molar-refractivity contribution in [2.45, 2.75) is 6.42 Å². The van der Waals surface area contributed by atoms with Crippen molar-refractivity contribution in [2.75, 3.05) is 33.7 Å². The molecule has 0 atom stereocenters. The van der Waals surface area contributed by atoms with Crippen LogP contribution in [0.25, 0.3) is 0 Å². The molecule has 0 saturated heterocycles. The van der Waals surface area contributed by atoms with Gasteiger partial charge in [-0.3, -0.25) is 4.79 Å². The van der Waals surface area contributed by atoms with Crippen LogP contribution in [0.15, 0.2) is 18.2 Å². The molecule has 1 amide bonds. The third-order valence-electron chi connectivity index (χ3n) is 2.62. The maximum atomic E-state index is 11.9. The van der Waals surface area contributed by atoms with E-state index >= 15 is 0 Å². The van der Waals surface area contributed by atoms with Gasteiger partial charge in [-0.05, 0) is 45.3 Å². The van der Waals surface area contributed by atoms with E-state index in [0.717, 1.165) is 13.0 Å². The Hall–Kier alpha value is -1.54. The summed E-state index contributed by atoms with van der Waals surface area (Å²) in [5, 5.41) is 3.33. The maximum absolute atomic E-state index is 11.9. The molecule has 0 saturated carbocycles. The summed E-state index contributed by atoms with van der Waals surface area (Å²) in [6, 6.07) is 5.08. The molecule has 0 aliphatic carbocycles. The van der Waals surface area contributed by atoms with Crippen LogP contribution in [-0.2, 0) is 0 Å². The molecule has 20 heavy (non-hydrogen) atoms. The minimum Gasteiger partial charge on any atom is -0.352 e. The van der Waals surface area contributed by atoms with Crippen LogP contribution in [0, 0.1) is 11.8 Å². The molecule has 3 N–H and O–H groups in total. The van der Waals surface area contributed by atoms with Crippen LogP contribution in [0.2, 0.25) is 5.02 Å². The molecule has 0 unspecified atom stereocenters. The number of rotatable bonds is 5. The van der Waals surface area contributed by atoms with Gasteiger partial charge in [0.25, 0.3) is 5.91 Å². The highest BCUT2D eigenvalue weighted by Crippen LogP contribution is 2.16. The topological polar surface area (TPSA) is 58.4 Å². The number of benzene rings is 1. The smallest absolute Gasteiger partial charge is 0.251 e. The van der Waals surface area contributed by atoms with Crippen molar-refractivity contribution in [3.63, 3.8) is 0 Å². The fraction of sp³-hybridized carbons (Fsp3) is 0.400. The van der Waals surface area contributed by atoms with Crippen LogP contribution in [0.5, 0.6) is 0 Å². The van der Waals surface area contributed by atoms with E-state index < -0.39 is 0 Å². The number of carbonyl (C=O) groups excluding carboxylic acids is 1. The number of carbonyl (C=O) groups is 1. The summed E-state index contributed by atoms with van der Waals surface area (Å²) in [6.07, 6.45) is 0.909. The Labute approximate surface area is 125 Å². The lowest BCUT2D eigenvalue weighted by atomic mass is 10.1. The van der Waals surface area contributed by atoms with E-state index in [1.165, 1.54) is 0 Å². The predicted octanol–water partition coefficient (Wildman–Crippen LogP) is 1.33. The van der Waals surface area contributed by atoms with Crippen molar-refractivity contribution in [1.82, 2.24) is 10.2 Å². The standard InChI is InChI=1S/C15H20ClN3O/c1-19(2)10-4-9-18-15(20)13-7-6-12(5-3-8-17)14(16)11-13/h6-7,11H,4,8-10,17H2,1-2H3,(H,18,20). The van der Waals surface area contributed by atoms with Gasteiger partial charge >= 0.3 is 0 Å². The van der Waals surface area contributed by atoms with Gasteiger partial charge in [0.2, 0.25) is 0 Å². The summed E-state index contributed by atoms with van der Waals surface area (Å²) < 4.78 is 0. The zero-order chi connectivity index (χ0) is 15.0. The van der Waals surface area contributed by atoms with Crippen molar-refractivity contribution in [3.05, 3.63) is 34.3 Å². The molecule has 0 fully saturated rings. The van der Waals surface area contributed by atoms with Crippen LogP contribution in [0.4, 0.5) is 0 Å². The Kier molecular flexibility index (Phi) is 7.10. The number of nitrogens with one attached hydrogen (secondary N) is 1. The summed E-state index contributed by atoms with van der Waals surface area (Å²) in [5.41, 5.74) is 6.53. The van der Waals surface area contributed by atoms with Gasteiger partial charge in [-0.25, -0.2) is 0 Å². The Bertz CT molecular complexity index is 518. The van der Waals surface area contributed by atoms with Gasteiger partial charge in [-0.2, -0.15) is 0 Å². The minimum atomic E-state index is -0.121. The highest BCUT2D eigenvalue weighted by Gasteiger charge is 2.07. The number of amides is 1. The van der Waals surface area contributed by atoms with Crippen molar-refractivity contribution < 1.29 is 4.79 Å². The second-order valence-corrected chi connectivity index (χ2v) is 5.02. The molecule has 1 aromatic rings. The van der Waals surface area contributed by atoms with E-state index in [0.29, 0.717) is 22.7 Å². The molecule has 1 aromatic carbocycles. The van der Waals surface area contributed by atoms with Gasteiger partial charge in [0.15, 0.2) is 0 Å². The highest BCUT2D eigenvalue weighted by molar-refractivity contribution is 6.32. The van der Waals surface area contributed by atoms with E-state index in [1.807, 2.05) is 14.1 Å². The summed E-state index contributed by atoms with van der Waals surface area (Å²) in [7, 11) is 4.01. The van der Waals surface area contributed by atoms with Gasteiger partial charge in [0.1, 0.15) is 0 Å². The first-order valence-electron chi connectivity index (χ1n) is 6.46. The monoisotopic (exact) mass is 293 g/mol. The molecule has 4 nitrogen and oxygen atoms in total. The Morgan fingerprint density at radius 2 is 2.20 bits per heavy atom. The average molecular weight is 294 g/mol. The average Bonchev–Trinajstić information content (AvgIpc) is 2.41. The second kappa shape index (κ2) is 8.60. The van der Waals surface area contributed by atoms with Crippen molar-refractivity contribution in [1.29, 1.82) is 0 Å². The molecule has 108 valence electrons. The van der Waals surface area contributed by atoms with Gasteiger partial charge in [-0.15, -0.1) is 0 Å². The first-order chi connectivity index (χ1) is 9.54. The number of hydrogen-bond acceptors (Lipinski definition) is 3. The molecule has 0 radical (unpaired) electrons. The van der Waals surface area contributed by atoms with E-state index in [4.69, 9.17) is 17.3 Å². The normalized spacial score (nSPS) is 10.1. The third kappa shape index (κ3) is 5.62. The summed E-state index contributed by atoms with van der Waals surface area (Å²) in [6.45, 7) is 1.86. The fourth-order valence-corrected chi connectivity index (χ4v) is 1.83. The van der Waals surface area contributed by atoms with E-state index in [-0.39, 0.29) is 12.5 Å². The van der Waals surface area contributed by atoms with E-state index in [1.54, 1.807) is 18.2 Å². The zero-order valence-electron chi connectivity index (χ0n) is 11.9. The highest BCUT2D eigenvalue weighted by atomic mass is 35.5. The number of hydrogen-bond donors (Lipinski definition) is 2. The van der Waals surface area contributed by atoms with Crippen LogP contribution < -0.4 is 11.1 Å². The second-order valence-electron chi connectivity index (χ2n) is 4.61. The van der Waals surface area contributed by atoms with Crippen molar-refractivity contribution in [3.8, 4) is 11.8 Å². The SMILES string of the molecule is CN(C)CCCNC(=O)c1ccc(C#CCN)c(Cl)c1. The predicted molar refractivity (Wildman–Crippen MR) is 82.9 cm³/mol. The Morgan fingerprint density at radius 1 is 1.45 bits per heavy atom. The van der Waals surface area contributed by atoms with Gasteiger partial charge < -0.3 is 16.0 Å². The molecular formula is C15H20ClN3O. The first kappa shape index (κ1) is 16.5. The lowest BCUT2D eigenvalue weighted by Crippen LogP contribution is -2.27. The largest absolute Gasteiger partial charge is 0.352 e. The van der Waals surface area contributed by atoms with Crippen molar-refractivity contribution in [2.24, 2.45) is 5.73 Å². The third-order valence-corrected chi connectivity index (χ3v) is 2.94.